The zero-order valence-electron chi connectivity index (χ0n) is 10.3. The van der Waals surface area contributed by atoms with Crippen LogP contribution in [0.1, 0.15) is 10.5 Å². The van der Waals surface area contributed by atoms with Crippen LogP contribution in [0.5, 0.6) is 0 Å². The maximum absolute atomic E-state index is 11.1. The van der Waals surface area contributed by atoms with Crippen molar-refractivity contribution in [3.63, 3.8) is 0 Å². The van der Waals surface area contributed by atoms with Crippen molar-refractivity contribution in [3.8, 4) is 10.6 Å². The molecular formula is C12H7ClN4O2S2. The first-order valence-electron chi connectivity index (χ1n) is 5.65. The fourth-order valence-electron chi connectivity index (χ4n) is 1.57. The van der Waals surface area contributed by atoms with Crippen LogP contribution in [0.15, 0.2) is 29.2 Å². The van der Waals surface area contributed by atoms with Gasteiger partial charge in [-0.05, 0) is 12.1 Å². The Bertz CT molecular complexity index is 785. The first kappa shape index (κ1) is 13.9. The van der Waals surface area contributed by atoms with Crippen molar-refractivity contribution in [2.24, 2.45) is 0 Å². The number of carboxylic acids is 1. The van der Waals surface area contributed by atoms with Crippen LogP contribution in [0.25, 0.3) is 10.6 Å². The lowest BCUT2D eigenvalue weighted by atomic mass is 10.3. The van der Waals surface area contributed by atoms with Gasteiger partial charge >= 0.3 is 5.97 Å². The largest absolute Gasteiger partial charge is 0.476 e. The lowest BCUT2D eigenvalue weighted by Gasteiger charge is -2.00. The molecule has 0 amide bonds. The summed E-state index contributed by atoms with van der Waals surface area (Å²) in [6.45, 7) is 0. The predicted octanol–water partition coefficient (Wildman–Crippen LogP) is 3.76. The molecule has 2 N–H and O–H groups in total. The molecule has 0 aromatic carbocycles. The number of aromatic nitrogens is 3. The van der Waals surface area contributed by atoms with Crippen molar-refractivity contribution in [2.45, 2.75) is 0 Å². The van der Waals surface area contributed by atoms with E-state index in [0.29, 0.717) is 26.5 Å². The number of hydrogen-bond donors (Lipinski definition) is 2. The minimum absolute atomic E-state index is 0.0152. The average Bonchev–Trinajstić information content (AvgIpc) is 3.09. The summed E-state index contributed by atoms with van der Waals surface area (Å²) in [6, 6.07) is 3.45. The SMILES string of the molecule is O=C(O)c1ncsc1-c1csc(Nc2ccc(Cl)cn2)n1. The Morgan fingerprint density at radius 2 is 2.14 bits per heavy atom. The molecule has 0 fully saturated rings. The zero-order valence-corrected chi connectivity index (χ0v) is 12.7. The third kappa shape index (κ3) is 3.02. The van der Waals surface area contributed by atoms with Gasteiger partial charge in [-0.3, -0.25) is 0 Å². The van der Waals surface area contributed by atoms with Crippen molar-refractivity contribution < 1.29 is 9.90 Å². The van der Waals surface area contributed by atoms with E-state index in [1.807, 2.05) is 0 Å². The summed E-state index contributed by atoms with van der Waals surface area (Å²) in [6.07, 6.45) is 1.53. The fraction of sp³-hybridized carbons (Fsp3) is 0. The van der Waals surface area contributed by atoms with Crippen LogP contribution in [0, 0.1) is 0 Å². The zero-order chi connectivity index (χ0) is 14.8. The number of carbonyl (C=O) groups is 1. The number of anilines is 2. The normalized spacial score (nSPS) is 10.5. The molecule has 0 spiro atoms. The second-order valence-corrected chi connectivity index (χ2v) is 6.01. The molecular weight excluding hydrogens is 332 g/mol. The Morgan fingerprint density at radius 1 is 1.29 bits per heavy atom. The molecule has 0 aliphatic rings. The molecule has 0 aliphatic carbocycles. The van der Waals surface area contributed by atoms with Crippen molar-refractivity contribution in [1.29, 1.82) is 0 Å². The third-order valence-electron chi connectivity index (χ3n) is 2.47. The van der Waals surface area contributed by atoms with E-state index in [0.717, 1.165) is 0 Å². The number of nitrogens with zero attached hydrogens (tertiary/aromatic N) is 3. The van der Waals surface area contributed by atoms with Gasteiger partial charge in [0.15, 0.2) is 10.8 Å². The molecule has 21 heavy (non-hydrogen) atoms. The molecule has 0 radical (unpaired) electrons. The number of hydrogen-bond acceptors (Lipinski definition) is 7. The van der Waals surface area contributed by atoms with Gasteiger partial charge in [-0.15, -0.1) is 22.7 Å². The third-order valence-corrected chi connectivity index (χ3v) is 4.30. The van der Waals surface area contributed by atoms with Gasteiger partial charge in [0.05, 0.1) is 21.1 Å². The summed E-state index contributed by atoms with van der Waals surface area (Å²) in [5.41, 5.74) is 2.09. The molecule has 0 bridgehead atoms. The molecule has 0 aliphatic heterocycles. The number of thiazole rings is 2. The van der Waals surface area contributed by atoms with Gasteiger partial charge in [0, 0.05) is 11.6 Å². The Morgan fingerprint density at radius 3 is 2.86 bits per heavy atom. The van der Waals surface area contributed by atoms with E-state index in [1.54, 1.807) is 17.5 Å². The second-order valence-electron chi connectivity index (χ2n) is 3.86. The van der Waals surface area contributed by atoms with Gasteiger partial charge < -0.3 is 10.4 Å². The van der Waals surface area contributed by atoms with Gasteiger partial charge in [-0.2, -0.15) is 0 Å². The van der Waals surface area contributed by atoms with Crippen LogP contribution in [0.4, 0.5) is 10.9 Å². The van der Waals surface area contributed by atoms with Crippen LogP contribution in [0.3, 0.4) is 0 Å². The number of carboxylic acid groups (broad SMARTS) is 1. The Balaban J connectivity index is 1.84. The average molecular weight is 339 g/mol. The molecule has 3 heterocycles. The predicted molar refractivity (Wildman–Crippen MR) is 82.7 cm³/mol. The lowest BCUT2D eigenvalue weighted by Crippen LogP contribution is -1.98. The summed E-state index contributed by atoms with van der Waals surface area (Å²) in [5.74, 6) is -0.448. The highest BCUT2D eigenvalue weighted by Crippen LogP contribution is 2.31. The summed E-state index contributed by atoms with van der Waals surface area (Å²) in [4.78, 5) is 23.9. The number of pyridine rings is 1. The van der Waals surface area contributed by atoms with Crippen molar-refractivity contribution in [1.82, 2.24) is 15.0 Å². The van der Waals surface area contributed by atoms with E-state index in [1.165, 1.54) is 34.4 Å². The van der Waals surface area contributed by atoms with Crippen molar-refractivity contribution in [3.05, 3.63) is 39.9 Å². The van der Waals surface area contributed by atoms with E-state index < -0.39 is 5.97 Å². The van der Waals surface area contributed by atoms with E-state index in [-0.39, 0.29) is 5.69 Å². The summed E-state index contributed by atoms with van der Waals surface area (Å²) in [7, 11) is 0. The second kappa shape index (κ2) is 5.76. The van der Waals surface area contributed by atoms with Gasteiger partial charge in [-0.1, -0.05) is 11.6 Å². The van der Waals surface area contributed by atoms with E-state index in [9.17, 15) is 4.79 Å². The van der Waals surface area contributed by atoms with Gasteiger partial charge in [0.2, 0.25) is 0 Å². The quantitative estimate of drug-likeness (QED) is 0.753. The molecule has 0 unspecified atom stereocenters. The van der Waals surface area contributed by atoms with E-state index in [2.05, 4.69) is 20.3 Å². The monoisotopic (exact) mass is 338 g/mol. The maximum Gasteiger partial charge on any atom is 0.356 e. The minimum Gasteiger partial charge on any atom is -0.476 e. The first-order chi connectivity index (χ1) is 10.1. The van der Waals surface area contributed by atoms with Gasteiger partial charge in [0.1, 0.15) is 5.82 Å². The lowest BCUT2D eigenvalue weighted by molar-refractivity contribution is 0.0692. The van der Waals surface area contributed by atoms with Gasteiger partial charge in [0.25, 0.3) is 0 Å². The topological polar surface area (TPSA) is 88.0 Å². The standard InChI is InChI=1S/C12H7ClN4O2S2/c13-6-1-2-8(14-3-6)17-12-16-7(4-20-12)10-9(11(18)19)15-5-21-10/h1-5H,(H,18,19)(H,14,16,17). The van der Waals surface area contributed by atoms with Crippen LogP contribution in [0.2, 0.25) is 5.02 Å². The molecule has 3 aromatic rings. The Hall–Kier alpha value is -2.03. The van der Waals surface area contributed by atoms with Crippen molar-refractivity contribution in [2.75, 3.05) is 5.32 Å². The molecule has 106 valence electrons. The van der Waals surface area contributed by atoms with Crippen LogP contribution in [-0.2, 0) is 0 Å². The van der Waals surface area contributed by atoms with Crippen LogP contribution < -0.4 is 5.32 Å². The van der Waals surface area contributed by atoms with Crippen LogP contribution >= 0.6 is 34.3 Å². The highest BCUT2D eigenvalue weighted by atomic mass is 35.5. The summed E-state index contributed by atoms with van der Waals surface area (Å²) < 4.78 is 0. The molecule has 9 heteroatoms. The number of aromatic carboxylic acids is 1. The molecule has 0 saturated carbocycles. The highest BCUT2D eigenvalue weighted by Gasteiger charge is 2.17. The first-order valence-corrected chi connectivity index (χ1v) is 7.78. The van der Waals surface area contributed by atoms with Crippen LogP contribution in [-0.4, -0.2) is 26.0 Å². The number of halogens is 1. The molecule has 0 atom stereocenters. The van der Waals surface area contributed by atoms with E-state index >= 15 is 0 Å². The minimum atomic E-state index is -1.06. The molecule has 3 aromatic heterocycles. The van der Waals surface area contributed by atoms with E-state index in [4.69, 9.17) is 16.7 Å². The van der Waals surface area contributed by atoms with Gasteiger partial charge in [-0.25, -0.2) is 19.7 Å². The molecule has 0 saturated heterocycles. The molecule has 3 rings (SSSR count). The highest BCUT2D eigenvalue weighted by molar-refractivity contribution is 7.16. The smallest absolute Gasteiger partial charge is 0.356 e. The van der Waals surface area contributed by atoms with Crippen molar-refractivity contribution >= 4 is 51.2 Å². The maximum atomic E-state index is 11.1. The fourth-order valence-corrected chi connectivity index (χ4v) is 3.21. The number of nitrogens with one attached hydrogen (secondary N) is 1. The summed E-state index contributed by atoms with van der Waals surface area (Å²) in [5, 5.41) is 15.0. The summed E-state index contributed by atoms with van der Waals surface area (Å²) >= 11 is 8.37. The molecule has 6 nitrogen and oxygen atoms in total. The Kier molecular flexibility index (Phi) is 3.82. The number of rotatable bonds is 4. The Labute approximate surface area is 132 Å².